The number of H-pyrrole nitrogens is 1. The highest BCUT2D eigenvalue weighted by molar-refractivity contribution is 6.18. The van der Waals surface area contributed by atoms with Crippen LogP contribution in [0.4, 0.5) is 8.78 Å². The molecule has 1 N–H and O–H groups in total. The zero-order valence-electron chi connectivity index (χ0n) is 16.4. The molecule has 1 aromatic heterocycles. The van der Waals surface area contributed by atoms with Crippen molar-refractivity contribution in [1.82, 2.24) is 9.88 Å². The lowest BCUT2D eigenvalue weighted by atomic mass is 10.0. The summed E-state index contributed by atoms with van der Waals surface area (Å²) in [5.74, 6) is -3.19. The fraction of sp³-hybridized carbons (Fsp3) is 0.217. The zero-order valence-corrected chi connectivity index (χ0v) is 16.4. The number of hydrogen-bond donors (Lipinski definition) is 1. The summed E-state index contributed by atoms with van der Waals surface area (Å²) in [7, 11) is 0. The number of carbonyl (C=O) groups is 2. The van der Waals surface area contributed by atoms with E-state index in [-0.39, 0.29) is 24.3 Å². The van der Waals surface area contributed by atoms with E-state index in [0.717, 1.165) is 28.6 Å². The molecule has 0 spiro atoms. The molecule has 0 unspecified atom stereocenters. The van der Waals surface area contributed by atoms with Crippen LogP contribution in [0.15, 0.2) is 48.7 Å². The molecular weight excluding hydrogens is 390 g/mol. The van der Waals surface area contributed by atoms with E-state index in [1.807, 2.05) is 31.2 Å². The third kappa shape index (κ3) is 3.58. The molecule has 1 amide bonds. The number of aromatic nitrogens is 1. The van der Waals surface area contributed by atoms with Gasteiger partial charge in [-0.3, -0.25) is 4.79 Å². The first-order chi connectivity index (χ1) is 14.5. The van der Waals surface area contributed by atoms with Crippen LogP contribution in [0.3, 0.4) is 0 Å². The Balaban J connectivity index is 1.77. The average Bonchev–Trinajstić information content (AvgIpc) is 3.01. The fourth-order valence-electron chi connectivity index (χ4n) is 3.59. The van der Waals surface area contributed by atoms with E-state index in [9.17, 15) is 18.4 Å². The number of rotatable bonds is 4. The number of nitrogens with zero attached hydrogens (tertiary/aromatic N) is 1. The van der Waals surface area contributed by atoms with Crippen LogP contribution >= 0.6 is 0 Å². The number of halogens is 2. The van der Waals surface area contributed by atoms with Gasteiger partial charge in [0.15, 0.2) is 11.6 Å². The van der Waals surface area contributed by atoms with Gasteiger partial charge in [0.2, 0.25) is 0 Å². The number of fused-ring (bicyclic) bond motifs is 3. The van der Waals surface area contributed by atoms with Crippen LogP contribution in [-0.4, -0.2) is 34.9 Å². The Kier molecular flexibility index (Phi) is 5.35. The summed E-state index contributed by atoms with van der Waals surface area (Å²) in [5.41, 5.74) is 2.63. The largest absolute Gasteiger partial charge is 0.462 e. The summed E-state index contributed by atoms with van der Waals surface area (Å²) in [5, 5.41) is 0.962. The number of esters is 1. The molecule has 3 aromatic rings. The summed E-state index contributed by atoms with van der Waals surface area (Å²) in [6.07, 6.45) is 2.58. The molecule has 0 saturated carbocycles. The number of nitrogens with one attached hydrogen (secondary N) is 1. The van der Waals surface area contributed by atoms with Gasteiger partial charge in [0.1, 0.15) is 0 Å². The van der Waals surface area contributed by atoms with Crippen LogP contribution < -0.4 is 0 Å². The van der Waals surface area contributed by atoms with Crippen molar-refractivity contribution in [2.75, 3.05) is 13.2 Å². The number of hydrogen-bond acceptors (Lipinski definition) is 3. The summed E-state index contributed by atoms with van der Waals surface area (Å²) < 4.78 is 32.2. The lowest BCUT2D eigenvalue weighted by Crippen LogP contribution is -2.28. The highest BCUT2D eigenvalue weighted by Crippen LogP contribution is 2.31. The van der Waals surface area contributed by atoms with E-state index in [0.29, 0.717) is 18.5 Å². The third-order valence-corrected chi connectivity index (χ3v) is 5.06. The fourth-order valence-corrected chi connectivity index (χ4v) is 3.59. The Morgan fingerprint density at radius 1 is 1.13 bits per heavy atom. The molecule has 2 aromatic carbocycles. The Morgan fingerprint density at radius 2 is 1.93 bits per heavy atom. The number of amides is 1. The first-order valence-electron chi connectivity index (χ1n) is 9.74. The maximum absolute atomic E-state index is 13.6. The van der Waals surface area contributed by atoms with Gasteiger partial charge in [-0.2, -0.15) is 0 Å². The predicted octanol–water partition coefficient (Wildman–Crippen LogP) is 4.44. The molecule has 4 rings (SSSR count). The van der Waals surface area contributed by atoms with Gasteiger partial charge in [-0.15, -0.1) is 0 Å². The van der Waals surface area contributed by atoms with Crippen molar-refractivity contribution in [3.8, 4) is 0 Å². The van der Waals surface area contributed by atoms with E-state index in [1.165, 1.54) is 17.2 Å². The molecule has 7 heteroatoms. The van der Waals surface area contributed by atoms with Crippen molar-refractivity contribution < 1.29 is 23.1 Å². The number of aromatic amines is 1. The van der Waals surface area contributed by atoms with Crippen molar-refractivity contribution in [2.24, 2.45) is 0 Å². The van der Waals surface area contributed by atoms with Gasteiger partial charge in [-0.1, -0.05) is 25.1 Å². The van der Waals surface area contributed by atoms with Crippen molar-refractivity contribution in [2.45, 2.75) is 19.8 Å². The van der Waals surface area contributed by atoms with Crippen molar-refractivity contribution in [3.63, 3.8) is 0 Å². The van der Waals surface area contributed by atoms with Crippen LogP contribution in [0.25, 0.3) is 16.5 Å². The van der Waals surface area contributed by atoms with Crippen LogP contribution in [0.5, 0.6) is 0 Å². The minimum atomic E-state index is -1.10. The highest BCUT2D eigenvalue weighted by Gasteiger charge is 2.28. The smallest absolute Gasteiger partial charge is 0.341 e. The van der Waals surface area contributed by atoms with E-state index in [4.69, 9.17) is 4.74 Å². The first-order valence-corrected chi connectivity index (χ1v) is 9.74. The third-order valence-electron chi connectivity index (χ3n) is 5.06. The molecule has 0 bridgehead atoms. The highest BCUT2D eigenvalue weighted by atomic mass is 19.2. The predicted molar refractivity (Wildman–Crippen MR) is 109 cm³/mol. The van der Waals surface area contributed by atoms with Gasteiger partial charge in [-0.05, 0) is 42.7 Å². The van der Waals surface area contributed by atoms with Crippen LogP contribution in [0, 0.1) is 11.6 Å². The van der Waals surface area contributed by atoms with E-state index < -0.39 is 23.5 Å². The van der Waals surface area contributed by atoms with Crippen LogP contribution in [-0.2, 0) is 16.0 Å². The molecule has 1 aliphatic heterocycles. The van der Waals surface area contributed by atoms with Gasteiger partial charge in [0, 0.05) is 29.2 Å². The molecule has 0 atom stereocenters. The molecule has 2 heterocycles. The minimum Gasteiger partial charge on any atom is -0.462 e. The summed E-state index contributed by atoms with van der Waals surface area (Å²) >= 11 is 0. The molecule has 0 fully saturated rings. The molecule has 1 aliphatic rings. The van der Waals surface area contributed by atoms with E-state index >= 15 is 0 Å². The summed E-state index contributed by atoms with van der Waals surface area (Å²) in [6.45, 7) is 2.42. The molecule has 154 valence electrons. The summed E-state index contributed by atoms with van der Waals surface area (Å²) in [4.78, 5) is 30.4. The Morgan fingerprint density at radius 3 is 2.70 bits per heavy atom. The second-order valence-corrected chi connectivity index (χ2v) is 7.08. The normalized spacial score (nSPS) is 13.6. The van der Waals surface area contributed by atoms with Gasteiger partial charge in [0.05, 0.1) is 17.9 Å². The molecule has 0 radical (unpaired) electrons. The number of para-hydroxylation sites is 1. The van der Waals surface area contributed by atoms with Gasteiger partial charge >= 0.3 is 5.97 Å². The second-order valence-electron chi connectivity index (χ2n) is 7.08. The average molecular weight is 410 g/mol. The van der Waals surface area contributed by atoms with E-state index in [1.54, 1.807) is 0 Å². The Bertz CT molecular complexity index is 1170. The standard InChI is InChI=1S/C23H20F2N2O3/c1-2-11-30-23(29)17-13-27(22(28)14-7-8-18(24)19(25)12-14)10-9-16-15-5-3-4-6-20(15)26-21(16)17/h3-8,12-13,26H,2,9-11H2,1H3. The molecule has 30 heavy (non-hydrogen) atoms. The van der Waals surface area contributed by atoms with E-state index in [2.05, 4.69) is 4.98 Å². The quantitative estimate of drug-likeness (QED) is 0.647. The van der Waals surface area contributed by atoms with Gasteiger partial charge < -0.3 is 14.6 Å². The van der Waals surface area contributed by atoms with Gasteiger partial charge in [0.25, 0.3) is 5.91 Å². The lowest BCUT2D eigenvalue weighted by Gasteiger charge is -2.18. The van der Waals surface area contributed by atoms with Crippen molar-refractivity contribution in [3.05, 3.63) is 77.1 Å². The number of carbonyl (C=O) groups excluding carboxylic acids is 2. The Labute approximate surface area is 171 Å². The molecular formula is C23H20F2N2O3. The first kappa shape index (κ1) is 19.8. The monoisotopic (exact) mass is 410 g/mol. The van der Waals surface area contributed by atoms with Crippen LogP contribution in [0.1, 0.15) is 35.0 Å². The summed E-state index contributed by atoms with van der Waals surface area (Å²) in [6, 6.07) is 10.7. The Hall–Kier alpha value is -3.48. The maximum Gasteiger partial charge on any atom is 0.341 e. The molecule has 0 aliphatic carbocycles. The molecule has 5 nitrogen and oxygen atoms in total. The second kappa shape index (κ2) is 8.10. The van der Waals surface area contributed by atoms with Gasteiger partial charge in [-0.25, -0.2) is 13.6 Å². The minimum absolute atomic E-state index is 0.00171. The topological polar surface area (TPSA) is 62.4 Å². The lowest BCUT2D eigenvalue weighted by molar-refractivity contribution is -0.136. The SMILES string of the molecule is CCCOC(=O)C1=CN(C(=O)c2ccc(F)c(F)c2)CCc2c1[nH]c1ccccc21. The van der Waals surface area contributed by atoms with Crippen LogP contribution in [0.2, 0.25) is 0 Å². The van der Waals surface area contributed by atoms with Crippen molar-refractivity contribution >= 4 is 28.4 Å². The number of benzene rings is 2. The maximum atomic E-state index is 13.6. The zero-order chi connectivity index (χ0) is 21.3. The number of ether oxygens (including phenoxy) is 1. The van der Waals surface area contributed by atoms with Crippen molar-refractivity contribution in [1.29, 1.82) is 0 Å². The molecule has 0 saturated heterocycles.